The summed E-state index contributed by atoms with van der Waals surface area (Å²) in [5, 5.41) is 13.1. The largest absolute Gasteiger partial charge is 0.504 e. The molecule has 0 amide bonds. The van der Waals surface area contributed by atoms with Crippen molar-refractivity contribution in [2.75, 3.05) is 5.73 Å². The van der Waals surface area contributed by atoms with Gasteiger partial charge in [-0.25, -0.2) is 0 Å². The number of hydrogen-bond donors (Lipinski definition) is 2. The van der Waals surface area contributed by atoms with Gasteiger partial charge in [0.05, 0.1) is 11.8 Å². The second-order valence-corrected chi connectivity index (χ2v) is 3.93. The summed E-state index contributed by atoms with van der Waals surface area (Å²) in [6.07, 6.45) is 0. The molecule has 0 aliphatic rings. The summed E-state index contributed by atoms with van der Waals surface area (Å²) in [5.74, 6) is -0.363. The Morgan fingerprint density at radius 2 is 1.94 bits per heavy atom. The molecule has 0 spiro atoms. The highest BCUT2D eigenvalue weighted by molar-refractivity contribution is 5.45. The number of nitrogens with zero attached hydrogens (tertiary/aromatic N) is 2. The average Bonchev–Trinajstić information content (AvgIpc) is 2.27. The van der Waals surface area contributed by atoms with Crippen LogP contribution in [0.1, 0.15) is 11.1 Å². The topological polar surface area (TPSA) is 81.1 Å². The molecule has 2 aromatic rings. The third kappa shape index (κ3) is 1.99. The standard InChI is InChI=1S/C12H13N3O2/c1-7-3-4-9(5-8(7)2)15-11(17)6-10(16)12(13)14-15/h3-6,16H,1-2H3,(H2,13,14). The number of nitrogen functional groups attached to an aromatic ring is 1. The zero-order chi connectivity index (χ0) is 12.6. The predicted molar refractivity (Wildman–Crippen MR) is 65.4 cm³/mol. The van der Waals surface area contributed by atoms with Gasteiger partial charge in [-0.2, -0.15) is 4.68 Å². The fraction of sp³-hybridized carbons (Fsp3) is 0.167. The summed E-state index contributed by atoms with van der Waals surface area (Å²) < 4.78 is 1.17. The molecule has 0 saturated carbocycles. The molecule has 0 aliphatic carbocycles. The second kappa shape index (κ2) is 3.93. The molecular weight excluding hydrogens is 218 g/mol. The Kier molecular flexibility index (Phi) is 2.59. The van der Waals surface area contributed by atoms with Gasteiger partial charge < -0.3 is 10.8 Å². The molecule has 0 unspecified atom stereocenters. The van der Waals surface area contributed by atoms with Crippen LogP contribution in [-0.4, -0.2) is 14.9 Å². The highest BCUT2D eigenvalue weighted by Crippen LogP contribution is 2.15. The summed E-state index contributed by atoms with van der Waals surface area (Å²) in [5.41, 5.74) is 7.88. The molecule has 2 rings (SSSR count). The van der Waals surface area contributed by atoms with Crippen LogP contribution >= 0.6 is 0 Å². The Balaban J connectivity index is 2.64. The number of nitrogens with two attached hydrogens (primary N) is 1. The Morgan fingerprint density at radius 3 is 2.59 bits per heavy atom. The summed E-state index contributed by atoms with van der Waals surface area (Å²) >= 11 is 0. The number of aryl methyl sites for hydroxylation is 2. The fourth-order valence-corrected chi connectivity index (χ4v) is 1.50. The second-order valence-electron chi connectivity index (χ2n) is 3.93. The van der Waals surface area contributed by atoms with Crippen LogP contribution in [0.2, 0.25) is 0 Å². The van der Waals surface area contributed by atoms with Crippen LogP contribution in [-0.2, 0) is 0 Å². The number of aromatic nitrogens is 2. The molecule has 5 heteroatoms. The Hall–Kier alpha value is -2.30. The van der Waals surface area contributed by atoms with Crippen LogP contribution in [0.4, 0.5) is 5.82 Å². The van der Waals surface area contributed by atoms with E-state index in [4.69, 9.17) is 5.73 Å². The first-order valence-electron chi connectivity index (χ1n) is 5.15. The third-order valence-electron chi connectivity index (χ3n) is 2.67. The molecule has 1 aromatic carbocycles. The molecule has 0 atom stereocenters. The smallest absolute Gasteiger partial charge is 0.275 e. The van der Waals surface area contributed by atoms with Crippen LogP contribution < -0.4 is 11.3 Å². The first kappa shape index (κ1) is 11.2. The van der Waals surface area contributed by atoms with Gasteiger partial charge in [0.25, 0.3) is 5.56 Å². The lowest BCUT2D eigenvalue weighted by molar-refractivity contribution is 0.471. The summed E-state index contributed by atoms with van der Waals surface area (Å²) in [4.78, 5) is 11.7. The van der Waals surface area contributed by atoms with Gasteiger partial charge in [0, 0.05) is 0 Å². The van der Waals surface area contributed by atoms with E-state index in [9.17, 15) is 9.90 Å². The van der Waals surface area contributed by atoms with E-state index in [1.54, 1.807) is 6.07 Å². The van der Waals surface area contributed by atoms with E-state index >= 15 is 0 Å². The van der Waals surface area contributed by atoms with Crippen molar-refractivity contribution in [2.24, 2.45) is 0 Å². The van der Waals surface area contributed by atoms with E-state index in [2.05, 4.69) is 5.10 Å². The number of hydrogen-bond acceptors (Lipinski definition) is 4. The molecule has 0 aliphatic heterocycles. The van der Waals surface area contributed by atoms with Crippen molar-refractivity contribution in [3.63, 3.8) is 0 Å². The lowest BCUT2D eigenvalue weighted by Crippen LogP contribution is -2.21. The molecule has 5 nitrogen and oxygen atoms in total. The average molecular weight is 231 g/mol. The van der Waals surface area contributed by atoms with E-state index in [1.165, 1.54) is 4.68 Å². The fourth-order valence-electron chi connectivity index (χ4n) is 1.50. The van der Waals surface area contributed by atoms with Gasteiger partial charge in [0.1, 0.15) is 0 Å². The van der Waals surface area contributed by atoms with Gasteiger partial charge in [-0.1, -0.05) is 6.07 Å². The van der Waals surface area contributed by atoms with Gasteiger partial charge in [-0.3, -0.25) is 4.79 Å². The predicted octanol–water partition coefficient (Wildman–Crippen LogP) is 1.14. The molecular formula is C12H13N3O2. The van der Waals surface area contributed by atoms with Gasteiger partial charge in [-0.15, -0.1) is 5.10 Å². The molecule has 88 valence electrons. The molecule has 0 bridgehead atoms. The van der Waals surface area contributed by atoms with Crippen molar-refractivity contribution in [1.82, 2.24) is 9.78 Å². The van der Waals surface area contributed by atoms with Crippen LogP contribution in [0.25, 0.3) is 5.69 Å². The molecule has 3 N–H and O–H groups in total. The van der Waals surface area contributed by atoms with Gasteiger partial charge in [0.2, 0.25) is 0 Å². The maximum absolute atomic E-state index is 11.7. The Morgan fingerprint density at radius 1 is 1.24 bits per heavy atom. The maximum atomic E-state index is 11.7. The van der Waals surface area contributed by atoms with Crippen molar-refractivity contribution in [3.05, 3.63) is 45.7 Å². The van der Waals surface area contributed by atoms with Crippen molar-refractivity contribution >= 4 is 5.82 Å². The van der Waals surface area contributed by atoms with Crippen molar-refractivity contribution in [1.29, 1.82) is 0 Å². The van der Waals surface area contributed by atoms with E-state index in [0.717, 1.165) is 17.2 Å². The van der Waals surface area contributed by atoms with E-state index in [0.29, 0.717) is 5.69 Å². The van der Waals surface area contributed by atoms with Crippen LogP contribution in [0.5, 0.6) is 5.75 Å². The highest BCUT2D eigenvalue weighted by Gasteiger charge is 2.07. The summed E-state index contributed by atoms with van der Waals surface area (Å²) in [6, 6.07) is 6.59. The normalized spacial score (nSPS) is 10.5. The zero-order valence-corrected chi connectivity index (χ0v) is 9.64. The third-order valence-corrected chi connectivity index (χ3v) is 2.67. The Labute approximate surface area is 98.1 Å². The minimum atomic E-state index is -0.417. The van der Waals surface area contributed by atoms with E-state index < -0.39 is 5.56 Å². The van der Waals surface area contributed by atoms with E-state index in [1.807, 2.05) is 26.0 Å². The van der Waals surface area contributed by atoms with Crippen molar-refractivity contribution < 1.29 is 5.11 Å². The molecule has 0 saturated heterocycles. The molecule has 1 heterocycles. The van der Waals surface area contributed by atoms with Gasteiger partial charge >= 0.3 is 0 Å². The van der Waals surface area contributed by atoms with Gasteiger partial charge in [-0.05, 0) is 37.1 Å². The Bertz CT molecular complexity index is 632. The minimum Gasteiger partial charge on any atom is -0.504 e. The molecule has 17 heavy (non-hydrogen) atoms. The number of benzene rings is 1. The summed E-state index contributed by atoms with van der Waals surface area (Å²) in [7, 11) is 0. The SMILES string of the molecule is Cc1ccc(-n2nc(N)c(O)cc2=O)cc1C. The number of anilines is 1. The molecule has 0 fully saturated rings. The number of rotatable bonds is 1. The quantitative estimate of drug-likeness (QED) is 0.771. The van der Waals surface area contributed by atoms with Crippen molar-refractivity contribution in [3.8, 4) is 11.4 Å². The van der Waals surface area contributed by atoms with Gasteiger partial charge in [0.15, 0.2) is 11.6 Å². The molecule has 0 radical (unpaired) electrons. The van der Waals surface area contributed by atoms with E-state index in [-0.39, 0.29) is 11.6 Å². The van der Waals surface area contributed by atoms with Crippen LogP contribution in [0.15, 0.2) is 29.1 Å². The van der Waals surface area contributed by atoms with Crippen LogP contribution in [0, 0.1) is 13.8 Å². The lowest BCUT2D eigenvalue weighted by atomic mass is 10.1. The summed E-state index contributed by atoms with van der Waals surface area (Å²) in [6.45, 7) is 3.94. The molecule has 1 aromatic heterocycles. The first-order valence-corrected chi connectivity index (χ1v) is 5.15. The lowest BCUT2D eigenvalue weighted by Gasteiger charge is -2.08. The first-order chi connectivity index (χ1) is 7.99. The minimum absolute atomic E-state index is 0.0668. The highest BCUT2D eigenvalue weighted by atomic mass is 16.3. The van der Waals surface area contributed by atoms with Crippen LogP contribution in [0.3, 0.4) is 0 Å². The monoisotopic (exact) mass is 231 g/mol. The zero-order valence-electron chi connectivity index (χ0n) is 9.64. The maximum Gasteiger partial charge on any atom is 0.275 e. The number of aromatic hydroxyl groups is 1. The van der Waals surface area contributed by atoms with Crippen molar-refractivity contribution in [2.45, 2.75) is 13.8 Å².